The third kappa shape index (κ3) is 3.70. The van der Waals surface area contributed by atoms with Crippen molar-refractivity contribution in [2.24, 2.45) is 0 Å². The molecule has 4 heteroatoms. The zero-order valence-corrected chi connectivity index (χ0v) is 12.3. The number of furan rings is 1. The van der Waals surface area contributed by atoms with Crippen LogP contribution >= 0.6 is 15.9 Å². The number of nitrogens with one attached hydrogen (secondary N) is 1. The van der Waals surface area contributed by atoms with E-state index in [1.54, 1.807) is 12.1 Å². The first-order chi connectivity index (χ1) is 9.20. The van der Waals surface area contributed by atoms with E-state index >= 15 is 0 Å². The molecule has 2 aromatic rings. The highest BCUT2D eigenvalue weighted by Gasteiger charge is 2.14. The van der Waals surface area contributed by atoms with Gasteiger partial charge in [-0.1, -0.05) is 37.3 Å². The average Bonchev–Trinajstić information content (AvgIpc) is 2.87. The van der Waals surface area contributed by atoms with Gasteiger partial charge in [-0.3, -0.25) is 4.79 Å². The van der Waals surface area contributed by atoms with Crippen LogP contribution in [0.1, 0.15) is 35.4 Å². The van der Waals surface area contributed by atoms with Crippen molar-refractivity contribution in [3.63, 3.8) is 0 Å². The van der Waals surface area contributed by atoms with E-state index in [4.69, 9.17) is 4.42 Å². The van der Waals surface area contributed by atoms with Crippen LogP contribution in [0.5, 0.6) is 0 Å². The summed E-state index contributed by atoms with van der Waals surface area (Å²) in [6.45, 7) is 2.73. The van der Waals surface area contributed by atoms with Gasteiger partial charge in [0.25, 0.3) is 5.91 Å². The van der Waals surface area contributed by atoms with Gasteiger partial charge in [-0.15, -0.1) is 0 Å². The Balaban J connectivity index is 1.95. The predicted octanol–water partition coefficient (Wildman–Crippen LogP) is 3.97. The van der Waals surface area contributed by atoms with Crippen molar-refractivity contribution in [3.8, 4) is 0 Å². The highest BCUT2D eigenvalue weighted by atomic mass is 79.9. The molecule has 1 heterocycles. The fraction of sp³-hybridized carbons (Fsp3) is 0.267. The lowest BCUT2D eigenvalue weighted by Crippen LogP contribution is -2.27. The zero-order chi connectivity index (χ0) is 13.7. The largest absolute Gasteiger partial charge is 0.444 e. The lowest BCUT2D eigenvalue weighted by atomic mass is 9.96. The zero-order valence-electron chi connectivity index (χ0n) is 10.7. The quantitative estimate of drug-likeness (QED) is 0.905. The van der Waals surface area contributed by atoms with Crippen molar-refractivity contribution in [2.75, 3.05) is 6.54 Å². The number of halogens is 1. The minimum Gasteiger partial charge on any atom is -0.444 e. The van der Waals surface area contributed by atoms with Crippen LogP contribution in [0, 0.1) is 0 Å². The predicted molar refractivity (Wildman–Crippen MR) is 78.2 cm³/mol. The number of hydrogen-bond acceptors (Lipinski definition) is 2. The smallest absolute Gasteiger partial charge is 0.287 e. The summed E-state index contributed by atoms with van der Waals surface area (Å²) >= 11 is 3.18. The maximum atomic E-state index is 11.9. The van der Waals surface area contributed by atoms with E-state index in [0.717, 1.165) is 6.42 Å². The van der Waals surface area contributed by atoms with Crippen molar-refractivity contribution in [3.05, 3.63) is 58.5 Å². The van der Waals surface area contributed by atoms with Crippen molar-refractivity contribution < 1.29 is 9.21 Å². The molecule has 19 heavy (non-hydrogen) atoms. The first-order valence-corrected chi connectivity index (χ1v) is 7.08. The van der Waals surface area contributed by atoms with E-state index < -0.39 is 0 Å². The number of benzene rings is 1. The molecule has 0 saturated heterocycles. The molecule has 0 spiro atoms. The number of rotatable bonds is 5. The molecule has 0 aliphatic carbocycles. The second-order valence-electron chi connectivity index (χ2n) is 4.33. The number of carbonyl (C=O) groups is 1. The molecule has 2 rings (SSSR count). The number of amides is 1. The molecule has 0 aliphatic heterocycles. The molecule has 0 radical (unpaired) electrons. The third-order valence-electron chi connectivity index (χ3n) is 3.07. The molecule has 1 atom stereocenters. The lowest BCUT2D eigenvalue weighted by molar-refractivity contribution is 0.0922. The summed E-state index contributed by atoms with van der Waals surface area (Å²) < 4.78 is 5.78. The van der Waals surface area contributed by atoms with Gasteiger partial charge in [0.15, 0.2) is 10.4 Å². The Kier molecular flexibility index (Phi) is 4.80. The van der Waals surface area contributed by atoms with Crippen LogP contribution in [0.15, 0.2) is 51.6 Å². The molecule has 100 valence electrons. The Bertz CT molecular complexity index is 536. The van der Waals surface area contributed by atoms with Gasteiger partial charge in [-0.2, -0.15) is 0 Å². The molecule has 1 aromatic heterocycles. The van der Waals surface area contributed by atoms with E-state index in [2.05, 4.69) is 40.3 Å². The molecule has 0 aliphatic rings. The average molecular weight is 322 g/mol. The van der Waals surface area contributed by atoms with Crippen molar-refractivity contribution in [1.82, 2.24) is 5.32 Å². The summed E-state index contributed by atoms with van der Waals surface area (Å²) in [5.41, 5.74) is 1.24. The van der Waals surface area contributed by atoms with Crippen LogP contribution in [0.3, 0.4) is 0 Å². The van der Waals surface area contributed by atoms with E-state index in [9.17, 15) is 4.79 Å². The third-order valence-corrected chi connectivity index (χ3v) is 3.50. The molecule has 0 fully saturated rings. The standard InChI is InChI=1S/C15H16BrNO2/c1-2-11(12-6-4-3-5-7-12)10-17-15(18)13-8-9-14(16)19-13/h3-9,11H,2,10H2,1H3,(H,17,18)/t11-/m0/s1. The maximum absolute atomic E-state index is 11.9. The van der Waals surface area contributed by atoms with Crippen molar-refractivity contribution in [2.45, 2.75) is 19.3 Å². The summed E-state index contributed by atoms with van der Waals surface area (Å²) in [4.78, 5) is 11.9. The Hall–Kier alpha value is -1.55. The molecule has 3 nitrogen and oxygen atoms in total. The van der Waals surface area contributed by atoms with Crippen LogP contribution in [-0.4, -0.2) is 12.5 Å². The molecule has 1 N–H and O–H groups in total. The Morgan fingerprint density at radius 2 is 2.00 bits per heavy atom. The second-order valence-corrected chi connectivity index (χ2v) is 5.11. The van der Waals surface area contributed by atoms with Crippen LogP contribution in [-0.2, 0) is 0 Å². The van der Waals surface area contributed by atoms with Gasteiger partial charge in [0.2, 0.25) is 0 Å². The Morgan fingerprint density at radius 3 is 2.58 bits per heavy atom. The van der Waals surface area contributed by atoms with Gasteiger partial charge < -0.3 is 9.73 Å². The summed E-state index contributed by atoms with van der Waals surface area (Å²) in [5.74, 6) is 0.471. The summed E-state index contributed by atoms with van der Waals surface area (Å²) in [6, 6.07) is 13.6. The second kappa shape index (κ2) is 6.57. The summed E-state index contributed by atoms with van der Waals surface area (Å²) in [7, 11) is 0. The first kappa shape index (κ1) is 13.9. The van der Waals surface area contributed by atoms with E-state index in [1.807, 2.05) is 18.2 Å². The van der Waals surface area contributed by atoms with Crippen molar-refractivity contribution in [1.29, 1.82) is 0 Å². The molecule has 0 saturated carbocycles. The Morgan fingerprint density at radius 1 is 1.26 bits per heavy atom. The molecule has 0 unspecified atom stereocenters. The van der Waals surface area contributed by atoms with Gasteiger partial charge in [-0.05, 0) is 40.0 Å². The normalized spacial score (nSPS) is 12.1. The van der Waals surface area contributed by atoms with E-state index in [-0.39, 0.29) is 5.91 Å². The molecular weight excluding hydrogens is 306 g/mol. The van der Waals surface area contributed by atoms with E-state index in [0.29, 0.717) is 22.9 Å². The first-order valence-electron chi connectivity index (χ1n) is 6.29. The molecular formula is C15H16BrNO2. The van der Waals surface area contributed by atoms with Gasteiger partial charge in [0.05, 0.1) is 0 Å². The van der Waals surface area contributed by atoms with Gasteiger partial charge in [0.1, 0.15) is 0 Å². The highest BCUT2D eigenvalue weighted by molar-refractivity contribution is 9.10. The molecule has 1 amide bonds. The maximum Gasteiger partial charge on any atom is 0.287 e. The van der Waals surface area contributed by atoms with Crippen LogP contribution in [0.2, 0.25) is 0 Å². The van der Waals surface area contributed by atoms with Crippen LogP contribution in [0.4, 0.5) is 0 Å². The SMILES string of the molecule is CC[C@@H](CNC(=O)c1ccc(Br)o1)c1ccccc1. The summed E-state index contributed by atoms with van der Waals surface area (Å²) in [5, 5.41) is 2.91. The monoisotopic (exact) mass is 321 g/mol. The van der Waals surface area contributed by atoms with Gasteiger partial charge in [-0.25, -0.2) is 0 Å². The van der Waals surface area contributed by atoms with Crippen LogP contribution in [0.25, 0.3) is 0 Å². The van der Waals surface area contributed by atoms with Gasteiger partial charge in [0, 0.05) is 12.5 Å². The Labute approximate surface area is 121 Å². The molecule has 1 aromatic carbocycles. The number of carbonyl (C=O) groups excluding carboxylic acids is 1. The number of hydrogen-bond donors (Lipinski definition) is 1. The minimum absolute atomic E-state index is 0.180. The minimum atomic E-state index is -0.180. The summed E-state index contributed by atoms with van der Waals surface area (Å²) in [6.07, 6.45) is 0.978. The molecule has 0 bridgehead atoms. The van der Waals surface area contributed by atoms with Gasteiger partial charge >= 0.3 is 0 Å². The topological polar surface area (TPSA) is 42.2 Å². The fourth-order valence-electron chi connectivity index (χ4n) is 1.96. The highest BCUT2D eigenvalue weighted by Crippen LogP contribution is 2.18. The lowest BCUT2D eigenvalue weighted by Gasteiger charge is -2.15. The van der Waals surface area contributed by atoms with Crippen LogP contribution < -0.4 is 5.32 Å². The fourth-order valence-corrected chi connectivity index (χ4v) is 2.27. The van der Waals surface area contributed by atoms with E-state index in [1.165, 1.54) is 5.56 Å². The van der Waals surface area contributed by atoms with Crippen molar-refractivity contribution >= 4 is 21.8 Å².